The summed E-state index contributed by atoms with van der Waals surface area (Å²) in [5.74, 6) is 0.139. The van der Waals surface area contributed by atoms with Crippen molar-refractivity contribution in [3.63, 3.8) is 0 Å². The summed E-state index contributed by atoms with van der Waals surface area (Å²) in [6.45, 7) is 2.76. The van der Waals surface area contributed by atoms with Crippen LogP contribution in [0.4, 0.5) is 0 Å². The number of amides is 1. The van der Waals surface area contributed by atoms with Crippen LogP contribution >= 0.6 is 11.3 Å². The number of aromatic nitrogens is 4. The van der Waals surface area contributed by atoms with Gasteiger partial charge in [0.05, 0.1) is 35.1 Å². The molecule has 1 aliphatic heterocycles. The topological polar surface area (TPSA) is 63.4 Å². The summed E-state index contributed by atoms with van der Waals surface area (Å²) in [5, 5.41) is 7.16. The van der Waals surface area contributed by atoms with Gasteiger partial charge in [-0.25, -0.2) is 14.5 Å². The Morgan fingerprint density at radius 2 is 2.25 bits per heavy atom. The summed E-state index contributed by atoms with van der Waals surface area (Å²) in [6, 6.07) is 3.91. The first-order chi connectivity index (χ1) is 11.7. The van der Waals surface area contributed by atoms with Crippen LogP contribution in [0.15, 0.2) is 29.9 Å². The van der Waals surface area contributed by atoms with E-state index in [0.717, 1.165) is 47.8 Å². The molecule has 3 aromatic rings. The van der Waals surface area contributed by atoms with E-state index in [1.54, 1.807) is 22.0 Å². The third kappa shape index (κ3) is 2.91. The minimum atomic E-state index is 0.0471. The molecule has 0 N–H and O–H groups in total. The molecule has 1 amide bonds. The Morgan fingerprint density at radius 3 is 3.08 bits per heavy atom. The summed E-state index contributed by atoms with van der Waals surface area (Å²) in [6.07, 6.45) is 7.15. The van der Waals surface area contributed by atoms with E-state index in [4.69, 9.17) is 4.98 Å². The van der Waals surface area contributed by atoms with Gasteiger partial charge in [0.25, 0.3) is 0 Å². The first kappa shape index (κ1) is 15.3. The molecular weight excluding hydrogens is 322 g/mol. The highest BCUT2D eigenvalue weighted by molar-refractivity contribution is 7.09. The zero-order valence-corrected chi connectivity index (χ0v) is 14.4. The summed E-state index contributed by atoms with van der Waals surface area (Å²) < 4.78 is 1.75. The number of nitrogens with zero attached hydrogens (tertiary/aromatic N) is 5. The smallest absolute Gasteiger partial charge is 0.229 e. The van der Waals surface area contributed by atoms with Gasteiger partial charge in [0.1, 0.15) is 0 Å². The number of likely N-dealkylation sites (tertiary alicyclic amines) is 1. The number of carbonyl (C=O) groups excluding carboxylic acids is 1. The fourth-order valence-corrected chi connectivity index (χ4v) is 3.91. The Hall–Kier alpha value is -2.28. The van der Waals surface area contributed by atoms with Crippen molar-refractivity contribution >= 4 is 22.9 Å². The zero-order valence-electron chi connectivity index (χ0n) is 13.6. The highest BCUT2D eigenvalue weighted by Gasteiger charge is 2.29. The van der Waals surface area contributed by atoms with Crippen LogP contribution in [-0.4, -0.2) is 36.9 Å². The van der Waals surface area contributed by atoms with Crippen molar-refractivity contribution in [3.8, 4) is 0 Å². The lowest BCUT2D eigenvalue weighted by molar-refractivity contribution is -0.134. The first-order valence-corrected chi connectivity index (χ1v) is 9.09. The van der Waals surface area contributed by atoms with Gasteiger partial charge in [0.2, 0.25) is 5.91 Å². The van der Waals surface area contributed by atoms with Crippen LogP contribution in [0, 0.1) is 6.92 Å². The number of rotatable bonds is 3. The van der Waals surface area contributed by atoms with Crippen LogP contribution in [0.5, 0.6) is 0 Å². The predicted molar refractivity (Wildman–Crippen MR) is 91.8 cm³/mol. The predicted octanol–water partition coefficient (Wildman–Crippen LogP) is 2.79. The van der Waals surface area contributed by atoms with E-state index in [9.17, 15) is 4.79 Å². The van der Waals surface area contributed by atoms with Gasteiger partial charge in [0.15, 0.2) is 5.65 Å². The molecule has 1 atom stereocenters. The number of carbonyl (C=O) groups is 1. The van der Waals surface area contributed by atoms with E-state index in [2.05, 4.69) is 10.1 Å². The maximum Gasteiger partial charge on any atom is 0.229 e. The monoisotopic (exact) mass is 341 g/mol. The summed E-state index contributed by atoms with van der Waals surface area (Å²) >= 11 is 1.59. The van der Waals surface area contributed by atoms with Crippen LogP contribution in [0.25, 0.3) is 5.65 Å². The Balaban J connectivity index is 1.58. The zero-order chi connectivity index (χ0) is 16.5. The molecule has 1 saturated heterocycles. The molecule has 6 nitrogen and oxygen atoms in total. The largest absolute Gasteiger partial charge is 0.334 e. The van der Waals surface area contributed by atoms with Crippen LogP contribution in [0.1, 0.15) is 41.7 Å². The molecule has 1 fully saturated rings. The molecule has 3 aromatic heterocycles. The van der Waals surface area contributed by atoms with Crippen LogP contribution in [0.2, 0.25) is 0 Å². The molecule has 0 aliphatic carbocycles. The molecule has 0 unspecified atom stereocenters. The first-order valence-electron chi connectivity index (χ1n) is 8.21. The van der Waals surface area contributed by atoms with Crippen molar-refractivity contribution < 1.29 is 4.79 Å². The average molecular weight is 341 g/mol. The summed E-state index contributed by atoms with van der Waals surface area (Å²) in [4.78, 5) is 23.9. The quantitative estimate of drug-likeness (QED) is 0.735. The number of thiazole rings is 1. The van der Waals surface area contributed by atoms with Gasteiger partial charge in [-0.1, -0.05) is 0 Å². The molecule has 0 saturated carbocycles. The molecule has 0 aromatic carbocycles. The number of fused-ring (bicyclic) bond motifs is 1. The Kier molecular flexibility index (Phi) is 4.02. The van der Waals surface area contributed by atoms with Gasteiger partial charge < -0.3 is 4.90 Å². The Bertz CT molecular complexity index is 871. The molecule has 4 heterocycles. The third-order valence-electron chi connectivity index (χ3n) is 4.44. The normalized spacial score (nSPS) is 18.2. The van der Waals surface area contributed by atoms with Gasteiger partial charge in [-0.05, 0) is 32.3 Å². The second kappa shape index (κ2) is 6.32. The third-order valence-corrected chi connectivity index (χ3v) is 5.27. The lowest BCUT2D eigenvalue weighted by Crippen LogP contribution is -2.39. The van der Waals surface area contributed by atoms with E-state index < -0.39 is 0 Å². The molecule has 24 heavy (non-hydrogen) atoms. The highest BCUT2D eigenvalue weighted by atomic mass is 32.1. The highest BCUT2D eigenvalue weighted by Crippen LogP contribution is 2.30. The molecular formula is C17H19N5OS. The van der Waals surface area contributed by atoms with Crippen molar-refractivity contribution in [2.45, 2.75) is 38.6 Å². The fraction of sp³-hybridized carbons (Fsp3) is 0.412. The standard InChI is InChI=1S/C17H19N5OS/c1-12-19-13(11-24-12)10-17(23)21-8-3-2-4-15(21)14-6-9-22-16(20-14)5-7-18-22/h5-7,9,11,15H,2-4,8,10H2,1H3/t15-/m0/s1. The van der Waals surface area contributed by atoms with Gasteiger partial charge in [-0.2, -0.15) is 5.10 Å². The Morgan fingerprint density at radius 1 is 1.33 bits per heavy atom. The van der Waals surface area contributed by atoms with Crippen molar-refractivity contribution in [1.82, 2.24) is 24.5 Å². The molecule has 0 bridgehead atoms. The molecule has 4 rings (SSSR count). The number of aryl methyl sites for hydroxylation is 1. The minimum Gasteiger partial charge on any atom is -0.334 e. The fourth-order valence-electron chi connectivity index (χ4n) is 3.30. The van der Waals surface area contributed by atoms with Gasteiger partial charge in [0, 0.05) is 24.2 Å². The molecule has 124 valence electrons. The van der Waals surface area contributed by atoms with Gasteiger partial charge in [-0.15, -0.1) is 11.3 Å². The lowest BCUT2D eigenvalue weighted by atomic mass is 9.98. The number of piperidine rings is 1. The van der Waals surface area contributed by atoms with Crippen molar-refractivity contribution in [2.24, 2.45) is 0 Å². The number of hydrogen-bond donors (Lipinski definition) is 0. The second-order valence-electron chi connectivity index (χ2n) is 6.12. The van der Waals surface area contributed by atoms with E-state index >= 15 is 0 Å². The second-order valence-corrected chi connectivity index (χ2v) is 7.18. The maximum absolute atomic E-state index is 12.8. The van der Waals surface area contributed by atoms with E-state index in [1.807, 2.05) is 35.5 Å². The van der Waals surface area contributed by atoms with E-state index in [0.29, 0.717) is 6.42 Å². The van der Waals surface area contributed by atoms with Crippen molar-refractivity contribution in [2.75, 3.05) is 6.54 Å². The van der Waals surface area contributed by atoms with Crippen LogP contribution < -0.4 is 0 Å². The average Bonchev–Trinajstić information content (AvgIpc) is 3.22. The van der Waals surface area contributed by atoms with E-state index in [-0.39, 0.29) is 11.9 Å². The minimum absolute atomic E-state index is 0.0471. The van der Waals surface area contributed by atoms with Crippen molar-refractivity contribution in [3.05, 3.63) is 46.3 Å². The van der Waals surface area contributed by atoms with Crippen molar-refractivity contribution in [1.29, 1.82) is 0 Å². The van der Waals surface area contributed by atoms with Crippen LogP contribution in [0.3, 0.4) is 0 Å². The number of hydrogen-bond acceptors (Lipinski definition) is 5. The van der Waals surface area contributed by atoms with E-state index in [1.165, 1.54) is 0 Å². The molecule has 7 heteroatoms. The van der Waals surface area contributed by atoms with Crippen LogP contribution in [-0.2, 0) is 11.2 Å². The summed E-state index contributed by atoms with van der Waals surface area (Å²) in [7, 11) is 0. The molecule has 1 aliphatic rings. The van der Waals surface area contributed by atoms with Gasteiger partial charge >= 0.3 is 0 Å². The van der Waals surface area contributed by atoms with Gasteiger partial charge in [-0.3, -0.25) is 4.79 Å². The maximum atomic E-state index is 12.8. The SMILES string of the molecule is Cc1nc(CC(=O)N2CCCC[C@H]2c2ccn3nccc3n2)cs1. The Labute approximate surface area is 144 Å². The molecule has 0 radical (unpaired) electrons. The summed E-state index contributed by atoms with van der Waals surface area (Å²) in [5.41, 5.74) is 2.64. The molecule has 0 spiro atoms. The lowest BCUT2D eigenvalue weighted by Gasteiger charge is -2.35.